The first-order valence-electron chi connectivity index (χ1n) is 16.0. The minimum Gasteiger partial charge on any atom is -0.461 e. The number of nitrogens with one attached hydrogen (secondary N) is 1. The van der Waals surface area contributed by atoms with Crippen molar-refractivity contribution in [3.63, 3.8) is 0 Å². The molecule has 0 bridgehead atoms. The number of amides is 1. The second kappa shape index (κ2) is 13.1. The number of carbonyl (C=O) groups excluding carboxylic acids is 2. The lowest BCUT2D eigenvalue weighted by Crippen LogP contribution is -2.33. The molecule has 1 amide bonds. The third-order valence-corrected chi connectivity index (χ3v) is 8.44. The largest absolute Gasteiger partial charge is 0.461 e. The van der Waals surface area contributed by atoms with Crippen molar-refractivity contribution in [1.82, 2.24) is 10.3 Å². The van der Waals surface area contributed by atoms with Crippen LogP contribution in [0.3, 0.4) is 0 Å². The Bertz CT molecular complexity index is 1470. The van der Waals surface area contributed by atoms with Crippen LogP contribution in [-0.4, -0.2) is 41.7 Å². The number of esters is 1. The topological polar surface area (TPSA) is 80.8 Å². The third kappa shape index (κ3) is 7.49. The van der Waals surface area contributed by atoms with Crippen LogP contribution in [0.2, 0.25) is 0 Å². The molecule has 1 saturated carbocycles. The van der Waals surface area contributed by atoms with Gasteiger partial charge in [0.1, 0.15) is 0 Å². The minimum absolute atomic E-state index is 0.123. The second-order valence-corrected chi connectivity index (χ2v) is 13.6. The Morgan fingerprint density at radius 1 is 0.955 bits per heavy atom. The molecule has 44 heavy (non-hydrogen) atoms. The van der Waals surface area contributed by atoms with Gasteiger partial charge in [-0.3, -0.25) is 9.78 Å². The van der Waals surface area contributed by atoms with E-state index in [1.54, 1.807) is 0 Å². The van der Waals surface area contributed by atoms with Crippen molar-refractivity contribution in [3.8, 4) is 11.1 Å². The summed E-state index contributed by atoms with van der Waals surface area (Å²) in [5.41, 5.74) is 6.38. The maximum atomic E-state index is 13.7. The Morgan fingerprint density at radius 3 is 2.25 bits per heavy atom. The van der Waals surface area contributed by atoms with Crippen LogP contribution in [-0.2, 0) is 20.8 Å². The summed E-state index contributed by atoms with van der Waals surface area (Å²) in [4.78, 5) is 34.1. The molecule has 1 N–H and O–H groups in total. The highest BCUT2D eigenvalue weighted by Crippen LogP contribution is 2.47. The first kappa shape index (κ1) is 31.7. The lowest BCUT2D eigenvalue weighted by Gasteiger charge is -2.33. The molecular formula is C37H47N3O4. The lowest BCUT2D eigenvalue weighted by atomic mass is 9.93. The van der Waals surface area contributed by atoms with Gasteiger partial charge >= 0.3 is 5.97 Å². The summed E-state index contributed by atoms with van der Waals surface area (Å²) in [5, 5.41) is 3.02. The lowest BCUT2D eigenvalue weighted by molar-refractivity contribution is -0.171. The smallest absolute Gasteiger partial charge is 0.340 e. The van der Waals surface area contributed by atoms with Crippen LogP contribution in [0.25, 0.3) is 11.1 Å². The standard InChI is InChI=1S/C37H47N3O4/c1-23(2)43-36(42)34(44-37(5,6)7)32-25(4)39-24(3)31(33(32)40-20-19-30(22-40)27-13-14-27)28-15-17-29(18-16-28)35(41)38-21-26-11-9-8-10-12-26/h8-12,15-18,23,27,30,34H,13-14,19-22H2,1-7H3,(H,38,41). The number of hydrogen-bond donors (Lipinski definition) is 1. The number of ether oxygens (including phenoxy) is 2. The predicted molar refractivity (Wildman–Crippen MR) is 175 cm³/mol. The number of nitrogens with zero attached hydrogens (tertiary/aromatic N) is 2. The maximum Gasteiger partial charge on any atom is 0.340 e. The number of benzene rings is 2. The average molecular weight is 598 g/mol. The highest BCUT2D eigenvalue weighted by atomic mass is 16.6. The highest BCUT2D eigenvalue weighted by molar-refractivity contribution is 5.95. The molecular weight excluding hydrogens is 550 g/mol. The number of rotatable bonds is 10. The zero-order valence-corrected chi connectivity index (χ0v) is 27.3. The molecule has 7 nitrogen and oxygen atoms in total. The molecule has 7 heteroatoms. The van der Waals surface area contributed by atoms with Crippen molar-refractivity contribution in [1.29, 1.82) is 0 Å². The molecule has 2 atom stereocenters. The number of carbonyl (C=O) groups is 2. The van der Waals surface area contributed by atoms with E-state index in [1.165, 1.54) is 12.8 Å². The van der Waals surface area contributed by atoms with Gasteiger partial charge in [0.15, 0.2) is 6.10 Å². The number of pyridine rings is 1. The van der Waals surface area contributed by atoms with Gasteiger partial charge in [0.05, 0.1) is 17.4 Å². The van der Waals surface area contributed by atoms with Gasteiger partial charge in [-0.05, 0) is 103 Å². The second-order valence-electron chi connectivity index (χ2n) is 13.6. The Morgan fingerprint density at radius 2 is 1.64 bits per heavy atom. The summed E-state index contributed by atoms with van der Waals surface area (Å²) in [6.07, 6.45) is 2.53. The molecule has 2 heterocycles. The summed E-state index contributed by atoms with van der Waals surface area (Å²) in [5.74, 6) is 0.906. The molecule has 1 aromatic heterocycles. The number of aryl methyl sites for hydroxylation is 2. The molecule has 0 spiro atoms. The van der Waals surface area contributed by atoms with E-state index in [-0.39, 0.29) is 12.0 Å². The summed E-state index contributed by atoms with van der Waals surface area (Å²) >= 11 is 0. The molecule has 3 aromatic rings. The Kier molecular flexibility index (Phi) is 9.45. The number of anilines is 1. The molecule has 2 aromatic carbocycles. The molecule has 1 saturated heterocycles. The van der Waals surface area contributed by atoms with Gasteiger partial charge in [-0.1, -0.05) is 42.5 Å². The summed E-state index contributed by atoms with van der Waals surface area (Å²) in [6.45, 7) is 15.9. The fourth-order valence-corrected chi connectivity index (χ4v) is 6.32. The van der Waals surface area contributed by atoms with E-state index < -0.39 is 17.7 Å². The van der Waals surface area contributed by atoms with Gasteiger partial charge in [-0.2, -0.15) is 0 Å². The van der Waals surface area contributed by atoms with Gasteiger partial charge in [0.25, 0.3) is 5.91 Å². The van der Waals surface area contributed by atoms with Crippen LogP contribution in [0, 0.1) is 25.7 Å². The van der Waals surface area contributed by atoms with Gasteiger partial charge in [0.2, 0.25) is 0 Å². The normalized spacial score (nSPS) is 17.5. The van der Waals surface area contributed by atoms with E-state index in [4.69, 9.17) is 14.5 Å². The first-order valence-corrected chi connectivity index (χ1v) is 16.0. The molecule has 234 valence electrons. The van der Waals surface area contributed by atoms with Crippen molar-refractivity contribution >= 4 is 17.6 Å². The predicted octanol–water partition coefficient (Wildman–Crippen LogP) is 7.34. The van der Waals surface area contributed by atoms with Crippen LogP contribution in [0.4, 0.5) is 5.69 Å². The van der Waals surface area contributed by atoms with E-state index in [1.807, 2.05) is 103 Å². The monoisotopic (exact) mass is 597 g/mol. The zero-order valence-electron chi connectivity index (χ0n) is 27.3. The molecule has 5 rings (SSSR count). The Hall–Kier alpha value is -3.71. The Balaban J connectivity index is 1.56. The molecule has 2 unspecified atom stereocenters. The van der Waals surface area contributed by atoms with Crippen molar-refractivity contribution in [2.24, 2.45) is 11.8 Å². The summed E-state index contributed by atoms with van der Waals surface area (Å²) in [6, 6.07) is 17.6. The number of aromatic nitrogens is 1. The molecule has 1 aliphatic heterocycles. The molecule has 2 aliphatic rings. The molecule has 2 fully saturated rings. The number of hydrogen-bond acceptors (Lipinski definition) is 6. The van der Waals surface area contributed by atoms with Gasteiger partial charge in [0, 0.05) is 47.7 Å². The fourth-order valence-electron chi connectivity index (χ4n) is 6.32. The van der Waals surface area contributed by atoms with E-state index >= 15 is 0 Å². The average Bonchev–Trinajstić information content (AvgIpc) is 3.71. The van der Waals surface area contributed by atoms with E-state index in [0.717, 1.165) is 64.8 Å². The van der Waals surface area contributed by atoms with Crippen LogP contribution in [0.5, 0.6) is 0 Å². The molecule has 0 radical (unpaired) electrons. The minimum atomic E-state index is -0.928. The molecule has 1 aliphatic carbocycles. The van der Waals surface area contributed by atoms with Gasteiger partial charge in [-0.15, -0.1) is 0 Å². The fraction of sp³-hybridized carbons (Fsp3) is 0.486. The van der Waals surface area contributed by atoms with Crippen molar-refractivity contribution in [3.05, 3.63) is 82.7 Å². The Labute approximate surface area is 262 Å². The van der Waals surface area contributed by atoms with Crippen LogP contribution in [0.15, 0.2) is 54.6 Å². The quantitative estimate of drug-likeness (QED) is 0.246. The van der Waals surface area contributed by atoms with E-state index in [2.05, 4.69) is 10.2 Å². The zero-order chi connectivity index (χ0) is 31.6. The first-order chi connectivity index (χ1) is 20.9. The van der Waals surface area contributed by atoms with Crippen LogP contribution in [0.1, 0.15) is 92.9 Å². The summed E-state index contributed by atoms with van der Waals surface area (Å²) in [7, 11) is 0. The third-order valence-electron chi connectivity index (χ3n) is 8.44. The maximum absolute atomic E-state index is 13.7. The van der Waals surface area contributed by atoms with Crippen LogP contribution >= 0.6 is 0 Å². The highest BCUT2D eigenvalue weighted by Gasteiger charge is 2.40. The van der Waals surface area contributed by atoms with Gasteiger partial charge < -0.3 is 19.7 Å². The van der Waals surface area contributed by atoms with E-state index in [9.17, 15) is 9.59 Å². The van der Waals surface area contributed by atoms with Crippen LogP contribution < -0.4 is 10.2 Å². The van der Waals surface area contributed by atoms with Crippen molar-refractivity contribution in [2.45, 2.75) is 92.1 Å². The summed E-state index contributed by atoms with van der Waals surface area (Å²) < 4.78 is 12.3. The van der Waals surface area contributed by atoms with Gasteiger partial charge in [-0.25, -0.2) is 4.79 Å². The SMILES string of the molecule is Cc1nc(C)c(C(OC(C)(C)C)C(=O)OC(C)C)c(N2CCC(C3CC3)C2)c1-c1ccc(C(=O)NCc2ccccc2)cc1. The van der Waals surface area contributed by atoms with Crippen molar-refractivity contribution < 1.29 is 19.1 Å². The van der Waals surface area contributed by atoms with Crippen molar-refractivity contribution in [2.75, 3.05) is 18.0 Å². The van der Waals surface area contributed by atoms with E-state index in [0.29, 0.717) is 18.0 Å².